The number of fused-ring (bicyclic) bond motifs is 1. The summed E-state index contributed by atoms with van der Waals surface area (Å²) in [6, 6.07) is 6.20. The van der Waals surface area contributed by atoms with Crippen LogP contribution in [0.2, 0.25) is 5.02 Å². The van der Waals surface area contributed by atoms with Gasteiger partial charge >= 0.3 is 0 Å². The van der Waals surface area contributed by atoms with E-state index in [1.807, 2.05) is 5.38 Å². The molecular weight excluding hydrogens is 338 g/mol. The lowest BCUT2D eigenvalue weighted by Crippen LogP contribution is -2.38. The molecule has 2 heterocycles. The van der Waals surface area contributed by atoms with Gasteiger partial charge in [0.25, 0.3) is 5.69 Å². The average molecular weight is 352 g/mol. The number of nitrogens with zero attached hydrogens (tertiary/aromatic N) is 2. The first-order valence-corrected chi connectivity index (χ1v) is 8.31. The molecule has 3 rings (SSSR count). The van der Waals surface area contributed by atoms with Crippen molar-refractivity contribution < 1.29 is 9.72 Å². The monoisotopic (exact) mass is 351 g/mol. The molecule has 0 radical (unpaired) electrons. The van der Waals surface area contributed by atoms with Crippen molar-refractivity contribution in [3.05, 3.63) is 55.2 Å². The maximum absolute atomic E-state index is 12.3. The molecule has 1 aromatic carbocycles. The lowest BCUT2D eigenvalue weighted by Gasteiger charge is -2.27. The molecule has 120 valence electrons. The van der Waals surface area contributed by atoms with Gasteiger partial charge < -0.3 is 10.2 Å². The van der Waals surface area contributed by atoms with Crippen LogP contribution in [0.3, 0.4) is 0 Å². The van der Waals surface area contributed by atoms with E-state index in [1.165, 1.54) is 28.6 Å². The van der Waals surface area contributed by atoms with Crippen LogP contribution in [0.5, 0.6) is 0 Å². The largest absolute Gasteiger partial charge is 0.375 e. The molecule has 6 nitrogen and oxygen atoms in total. The second-order valence-electron chi connectivity index (χ2n) is 5.21. The zero-order chi connectivity index (χ0) is 16.4. The Hall–Kier alpha value is -2.12. The Morgan fingerprint density at radius 3 is 3.00 bits per heavy atom. The summed E-state index contributed by atoms with van der Waals surface area (Å²) >= 11 is 7.73. The highest BCUT2D eigenvalue weighted by Crippen LogP contribution is 2.27. The minimum Gasteiger partial charge on any atom is -0.375 e. The van der Waals surface area contributed by atoms with Crippen molar-refractivity contribution >= 4 is 40.2 Å². The molecule has 1 aromatic heterocycles. The van der Waals surface area contributed by atoms with Crippen LogP contribution in [0, 0.1) is 10.1 Å². The minimum absolute atomic E-state index is 0.0173. The summed E-state index contributed by atoms with van der Waals surface area (Å²) in [5.74, 6) is -0.0173. The molecule has 23 heavy (non-hydrogen) atoms. The van der Waals surface area contributed by atoms with Crippen LogP contribution in [0.1, 0.15) is 10.4 Å². The van der Waals surface area contributed by atoms with Gasteiger partial charge in [0.05, 0.1) is 22.2 Å². The van der Waals surface area contributed by atoms with Crippen LogP contribution in [0.25, 0.3) is 0 Å². The third-order valence-corrected chi connectivity index (χ3v) is 5.09. The molecule has 1 amide bonds. The molecule has 8 heteroatoms. The molecule has 0 unspecified atom stereocenters. The fraction of sp³-hybridized carbons (Fsp3) is 0.267. The van der Waals surface area contributed by atoms with Crippen molar-refractivity contribution in [3.8, 4) is 0 Å². The van der Waals surface area contributed by atoms with E-state index < -0.39 is 4.92 Å². The third kappa shape index (κ3) is 3.46. The summed E-state index contributed by atoms with van der Waals surface area (Å²) in [7, 11) is 0. The van der Waals surface area contributed by atoms with Gasteiger partial charge in [-0.05, 0) is 29.5 Å². The van der Waals surface area contributed by atoms with E-state index in [0.717, 1.165) is 6.42 Å². The summed E-state index contributed by atoms with van der Waals surface area (Å²) < 4.78 is 0. The number of nitrogens with one attached hydrogen (secondary N) is 1. The van der Waals surface area contributed by atoms with Crippen LogP contribution in [0.4, 0.5) is 11.4 Å². The number of carbonyl (C=O) groups excluding carboxylic acids is 1. The predicted octanol–water partition coefficient (Wildman–Crippen LogP) is 3.31. The number of nitro groups is 1. The van der Waals surface area contributed by atoms with Gasteiger partial charge in [-0.3, -0.25) is 14.9 Å². The number of hydrogen-bond donors (Lipinski definition) is 1. The highest BCUT2D eigenvalue weighted by Gasteiger charge is 2.21. The first kappa shape index (κ1) is 15.8. The highest BCUT2D eigenvalue weighted by atomic mass is 35.5. The SMILES string of the molecule is O=C(CNc1ccc([N+](=O)[O-])cc1Cl)N1CCc2sccc2C1. The minimum atomic E-state index is -0.507. The van der Waals surface area contributed by atoms with Gasteiger partial charge in [0.2, 0.25) is 5.91 Å². The third-order valence-electron chi connectivity index (χ3n) is 3.75. The van der Waals surface area contributed by atoms with E-state index in [1.54, 1.807) is 16.2 Å². The number of amides is 1. The molecule has 1 aliphatic rings. The van der Waals surface area contributed by atoms with Crippen molar-refractivity contribution in [1.29, 1.82) is 0 Å². The molecule has 1 aliphatic heterocycles. The summed E-state index contributed by atoms with van der Waals surface area (Å²) in [5, 5.41) is 15.9. The van der Waals surface area contributed by atoms with Gasteiger partial charge in [-0.15, -0.1) is 11.3 Å². The first-order chi connectivity index (χ1) is 11.0. The second-order valence-corrected chi connectivity index (χ2v) is 6.62. The number of non-ortho nitro benzene ring substituents is 1. The molecule has 2 aromatic rings. The van der Waals surface area contributed by atoms with E-state index in [0.29, 0.717) is 18.8 Å². The van der Waals surface area contributed by atoms with Crippen molar-refractivity contribution in [3.63, 3.8) is 0 Å². The van der Waals surface area contributed by atoms with Crippen molar-refractivity contribution in [2.75, 3.05) is 18.4 Å². The van der Waals surface area contributed by atoms with Gasteiger partial charge in [0, 0.05) is 30.1 Å². The Morgan fingerprint density at radius 2 is 2.26 bits per heavy atom. The molecule has 0 spiro atoms. The van der Waals surface area contributed by atoms with E-state index in [4.69, 9.17) is 11.6 Å². The summed E-state index contributed by atoms with van der Waals surface area (Å²) in [4.78, 5) is 25.6. The Labute approximate surface area is 141 Å². The number of carbonyl (C=O) groups is 1. The summed E-state index contributed by atoms with van der Waals surface area (Å²) in [6.07, 6.45) is 0.886. The molecule has 0 saturated carbocycles. The molecule has 1 N–H and O–H groups in total. The normalized spacial score (nSPS) is 13.5. The van der Waals surface area contributed by atoms with Crippen molar-refractivity contribution in [1.82, 2.24) is 4.90 Å². The number of thiophene rings is 1. The van der Waals surface area contributed by atoms with Crippen LogP contribution >= 0.6 is 22.9 Å². The Bertz CT molecular complexity index is 762. The highest BCUT2D eigenvalue weighted by molar-refractivity contribution is 7.10. The summed E-state index contributed by atoms with van der Waals surface area (Å²) in [5.41, 5.74) is 1.65. The average Bonchev–Trinajstić information content (AvgIpc) is 3.00. The molecule has 0 atom stereocenters. The lowest BCUT2D eigenvalue weighted by atomic mass is 10.1. The van der Waals surface area contributed by atoms with Crippen LogP contribution in [0.15, 0.2) is 29.6 Å². The van der Waals surface area contributed by atoms with E-state index in [9.17, 15) is 14.9 Å². The van der Waals surface area contributed by atoms with Crippen molar-refractivity contribution in [2.45, 2.75) is 13.0 Å². The van der Waals surface area contributed by atoms with Crippen molar-refractivity contribution in [2.24, 2.45) is 0 Å². The number of halogens is 1. The maximum Gasteiger partial charge on any atom is 0.271 e. The van der Waals surface area contributed by atoms with Gasteiger partial charge in [-0.25, -0.2) is 0 Å². The zero-order valence-corrected chi connectivity index (χ0v) is 13.7. The van der Waals surface area contributed by atoms with Gasteiger partial charge in [-0.2, -0.15) is 0 Å². The van der Waals surface area contributed by atoms with Gasteiger partial charge in [0.15, 0.2) is 0 Å². The van der Waals surface area contributed by atoms with Crippen LogP contribution in [-0.2, 0) is 17.8 Å². The number of benzene rings is 1. The quantitative estimate of drug-likeness (QED) is 0.677. The first-order valence-electron chi connectivity index (χ1n) is 7.05. The second kappa shape index (κ2) is 6.55. The Morgan fingerprint density at radius 1 is 1.43 bits per heavy atom. The lowest BCUT2D eigenvalue weighted by molar-refractivity contribution is -0.384. The van der Waals surface area contributed by atoms with E-state index in [-0.39, 0.29) is 23.2 Å². The molecule has 0 fully saturated rings. The molecular formula is C15H14ClN3O3S. The van der Waals surface area contributed by atoms with Gasteiger partial charge in [0.1, 0.15) is 0 Å². The van der Waals surface area contributed by atoms with Crippen LogP contribution in [-0.4, -0.2) is 28.8 Å². The summed E-state index contributed by atoms with van der Waals surface area (Å²) in [6.45, 7) is 1.45. The Balaban J connectivity index is 1.60. The molecule has 0 saturated heterocycles. The van der Waals surface area contributed by atoms with E-state index >= 15 is 0 Å². The molecule has 0 bridgehead atoms. The smallest absolute Gasteiger partial charge is 0.271 e. The Kier molecular flexibility index (Phi) is 4.49. The molecule has 0 aliphatic carbocycles. The number of hydrogen-bond acceptors (Lipinski definition) is 5. The van der Waals surface area contributed by atoms with E-state index in [2.05, 4.69) is 11.4 Å². The number of rotatable bonds is 4. The number of anilines is 1. The maximum atomic E-state index is 12.3. The number of nitro benzene ring substituents is 1. The van der Waals surface area contributed by atoms with Gasteiger partial charge in [-0.1, -0.05) is 11.6 Å². The topological polar surface area (TPSA) is 75.5 Å². The zero-order valence-electron chi connectivity index (χ0n) is 12.1. The van der Waals surface area contributed by atoms with Crippen LogP contribution < -0.4 is 5.32 Å². The predicted molar refractivity (Wildman–Crippen MR) is 90.0 cm³/mol. The fourth-order valence-corrected chi connectivity index (χ4v) is 3.64. The standard InChI is InChI=1S/C15H14ClN3O3S/c16-12-7-11(19(21)22)1-2-13(12)17-8-15(20)18-5-3-14-10(9-18)4-6-23-14/h1-2,4,6-7,17H,3,5,8-9H2. The fourth-order valence-electron chi connectivity index (χ4n) is 2.50.